The Balaban J connectivity index is 0.000000265. The summed E-state index contributed by atoms with van der Waals surface area (Å²) >= 11 is 0. The largest absolute Gasteiger partial charge is 0.483 e. The summed E-state index contributed by atoms with van der Waals surface area (Å²) in [6.45, 7) is 3.77. The van der Waals surface area contributed by atoms with E-state index in [1.54, 1.807) is 21.3 Å². The summed E-state index contributed by atoms with van der Waals surface area (Å²) in [4.78, 5) is 0. The zero-order chi connectivity index (χ0) is 11.7. The van der Waals surface area contributed by atoms with Crippen LogP contribution >= 0.6 is 0 Å². The third kappa shape index (κ3) is 7.85. The maximum atomic E-state index is 5.35. The predicted octanol–water partition coefficient (Wildman–Crippen LogP) is -1.08. The highest BCUT2D eigenvalue weighted by molar-refractivity contribution is 6.36. The smallest absolute Gasteiger partial charge is 0.379 e. The summed E-state index contributed by atoms with van der Waals surface area (Å²) in [6, 6.07) is 0. The summed E-state index contributed by atoms with van der Waals surface area (Å²) in [5.41, 5.74) is 5.35. The number of hydrogen-bond donors (Lipinski definition) is 2. The Hall–Kier alpha value is -0.0231. The highest BCUT2D eigenvalue weighted by Gasteiger charge is 2.17. The molecule has 0 bridgehead atoms. The van der Waals surface area contributed by atoms with E-state index < -0.39 is 9.53 Å². The fourth-order valence-corrected chi connectivity index (χ4v) is 1.53. The van der Waals surface area contributed by atoms with E-state index in [2.05, 4.69) is 5.32 Å². The molecule has 1 saturated heterocycles. The van der Waals surface area contributed by atoms with Crippen molar-refractivity contribution in [1.82, 2.24) is 5.32 Å². The molecule has 0 aromatic rings. The molecule has 0 aromatic heterocycles. The Bertz CT molecular complexity index is 137. The Morgan fingerprint density at radius 1 is 1.20 bits per heavy atom. The molecule has 1 fully saturated rings. The number of hydrogen-bond acceptors (Lipinski definition) is 6. The molecule has 0 spiro atoms. The molecule has 0 amide bonds. The second-order valence-electron chi connectivity index (χ2n) is 3.12. The van der Waals surface area contributed by atoms with Crippen molar-refractivity contribution in [2.75, 3.05) is 34.4 Å². The van der Waals surface area contributed by atoms with Gasteiger partial charge in [-0.25, -0.2) is 0 Å². The molecule has 1 aliphatic rings. The monoisotopic (exact) mass is 238 g/mol. The molecule has 0 aliphatic carbocycles. The molecule has 3 N–H and O–H groups in total. The lowest BCUT2D eigenvalue weighted by atomic mass is 10.2. The van der Waals surface area contributed by atoms with Gasteiger partial charge in [-0.05, 0) is 6.92 Å². The van der Waals surface area contributed by atoms with Gasteiger partial charge in [-0.1, -0.05) is 0 Å². The average Bonchev–Trinajstić information content (AvgIpc) is 2.15. The molecule has 0 saturated carbocycles. The minimum atomic E-state index is -1.67. The van der Waals surface area contributed by atoms with Crippen LogP contribution < -0.4 is 11.1 Å². The van der Waals surface area contributed by atoms with Gasteiger partial charge >= 0.3 is 9.53 Å². The van der Waals surface area contributed by atoms with Gasteiger partial charge in [-0.2, -0.15) is 0 Å². The second kappa shape index (κ2) is 9.22. The summed E-state index contributed by atoms with van der Waals surface area (Å²) in [7, 11) is 3.05. The third-order valence-electron chi connectivity index (χ3n) is 1.73. The second-order valence-corrected chi connectivity index (χ2v) is 5.11. The van der Waals surface area contributed by atoms with Gasteiger partial charge in [0.1, 0.15) is 6.23 Å². The van der Waals surface area contributed by atoms with Crippen LogP contribution in [-0.2, 0) is 18.0 Å². The van der Waals surface area contributed by atoms with Crippen LogP contribution in [0.4, 0.5) is 0 Å². The van der Waals surface area contributed by atoms with Crippen LogP contribution in [0.3, 0.4) is 0 Å². The molecule has 15 heavy (non-hydrogen) atoms. The van der Waals surface area contributed by atoms with Crippen molar-refractivity contribution in [2.24, 2.45) is 5.73 Å². The quantitative estimate of drug-likeness (QED) is 0.469. The van der Waals surface area contributed by atoms with Gasteiger partial charge < -0.3 is 29.1 Å². The third-order valence-corrected chi connectivity index (χ3v) is 2.88. The van der Waals surface area contributed by atoms with Gasteiger partial charge in [0, 0.05) is 34.4 Å². The average molecular weight is 238 g/mol. The summed E-state index contributed by atoms with van der Waals surface area (Å²) in [5.74, 6) is 0. The maximum Gasteiger partial charge on any atom is 0.483 e. The van der Waals surface area contributed by atoms with Crippen LogP contribution in [0.2, 0.25) is 0 Å². The van der Waals surface area contributed by atoms with Crippen LogP contribution in [0.15, 0.2) is 0 Å². The molecule has 6 nitrogen and oxygen atoms in total. The number of nitrogens with two attached hydrogens (primary N) is 1. The lowest BCUT2D eigenvalue weighted by molar-refractivity contribution is -0.0255. The van der Waals surface area contributed by atoms with Crippen LogP contribution in [0.5, 0.6) is 0 Å². The van der Waals surface area contributed by atoms with Crippen molar-refractivity contribution in [1.29, 1.82) is 0 Å². The van der Waals surface area contributed by atoms with Gasteiger partial charge in [0.2, 0.25) is 0 Å². The van der Waals surface area contributed by atoms with Gasteiger partial charge in [0.25, 0.3) is 0 Å². The van der Waals surface area contributed by atoms with Crippen molar-refractivity contribution in [3.05, 3.63) is 0 Å². The van der Waals surface area contributed by atoms with E-state index >= 15 is 0 Å². The molecule has 0 radical (unpaired) electrons. The highest BCUT2D eigenvalue weighted by Crippen LogP contribution is 1.98. The molecule has 1 rings (SSSR count). The number of nitrogens with one attached hydrogen (secondary N) is 1. The van der Waals surface area contributed by atoms with Crippen molar-refractivity contribution < 1.29 is 18.0 Å². The summed E-state index contributed by atoms with van der Waals surface area (Å²) < 4.78 is 19.4. The van der Waals surface area contributed by atoms with Crippen LogP contribution in [0.25, 0.3) is 0 Å². The maximum absolute atomic E-state index is 5.35. The zero-order valence-corrected chi connectivity index (χ0v) is 11.0. The summed E-state index contributed by atoms with van der Waals surface area (Å²) in [5, 5.41) is 3.09. The predicted molar refractivity (Wildman–Crippen MR) is 59.6 cm³/mol. The topological polar surface area (TPSA) is 75.0 Å². The van der Waals surface area contributed by atoms with E-state index in [-0.39, 0.29) is 6.23 Å². The first kappa shape index (κ1) is 15.0. The SMILES string of the molecule is CC(N)OC1CNC1.CO[SiH](OC)OC. The van der Waals surface area contributed by atoms with Gasteiger partial charge in [0.05, 0.1) is 6.10 Å². The van der Waals surface area contributed by atoms with E-state index in [1.165, 1.54) is 0 Å². The number of ether oxygens (including phenoxy) is 1. The van der Waals surface area contributed by atoms with Crippen molar-refractivity contribution in [3.8, 4) is 0 Å². The molecule has 1 aliphatic heterocycles. The fraction of sp³-hybridized carbons (Fsp3) is 1.00. The Morgan fingerprint density at radius 2 is 1.67 bits per heavy atom. The van der Waals surface area contributed by atoms with Crippen molar-refractivity contribution >= 4 is 9.53 Å². The van der Waals surface area contributed by atoms with Crippen molar-refractivity contribution in [2.45, 2.75) is 19.3 Å². The Labute approximate surface area is 93.0 Å². The van der Waals surface area contributed by atoms with Gasteiger partial charge in [-0.3, -0.25) is 0 Å². The first-order valence-corrected chi connectivity index (χ1v) is 6.25. The normalized spacial score (nSPS) is 18.0. The molecular formula is C8H22N2O4Si. The fourth-order valence-electron chi connectivity index (χ4n) is 0.951. The minimum absolute atomic E-state index is 0.109. The molecule has 0 aromatic carbocycles. The molecule has 1 unspecified atom stereocenters. The lowest BCUT2D eigenvalue weighted by Crippen LogP contribution is -2.50. The van der Waals surface area contributed by atoms with Gasteiger partial charge in [0.15, 0.2) is 0 Å². The van der Waals surface area contributed by atoms with E-state index in [0.29, 0.717) is 6.10 Å². The van der Waals surface area contributed by atoms with Crippen LogP contribution in [0.1, 0.15) is 6.92 Å². The van der Waals surface area contributed by atoms with E-state index in [9.17, 15) is 0 Å². The van der Waals surface area contributed by atoms with E-state index in [0.717, 1.165) is 13.1 Å². The van der Waals surface area contributed by atoms with Gasteiger partial charge in [-0.15, -0.1) is 0 Å². The molecule has 1 atom stereocenters. The lowest BCUT2D eigenvalue weighted by Gasteiger charge is -2.28. The first-order chi connectivity index (χ1) is 7.13. The van der Waals surface area contributed by atoms with E-state index in [1.807, 2.05) is 6.92 Å². The Morgan fingerprint density at radius 3 is 1.73 bits per heavy atom. The molecule has 92 valence electrons. The Kier molecular flexibility index (Phi) is 9.21. The van der Waals surface area contributed by atoms with E-state index in [4.69, 9.17) is 23.7 Å². The number of rotatable bonds is 5. The van der Waals surface area contributed by atoms with Crippen molar-refractivity contribution in [3.63, 3.8) is 0 Å². The molecule has 1 heterocycles. The zero-order valence-electron chi connectivity index (χ0n) is 9.86. The highest BCUT2D eigenvalue weighted by atomic mass is 28.3. The minimum Gasteiger partial charge on any atom is -0.379 e. The first-order valence-electron chi connectivity index (χ1n) is 4.84. The van der Waals surface area contributed by atoms with Crippen LogP contribution in [0, 0.1) is 0 Å². The molecular weight excluding hydrogens is 216 g/mol. The molecule has 7 heteroatoms. The summed E-state index contributed by atoms with van der Waals surface area (Å²) in [6.07, 6.45) is 0.261. The standard InChI is InChI=1S/C5H12N2O.C3H10O3Si/c1-4(6)8-5-2-7-3-5;1-4-7(5-2)6-3/h4-5,7H,2-3,6H2,1H3;7H,1-3H3. The van der Waals surface area contributed by atoms with Crippen LogP contribution in [-0.4, -0.2) is 56.3 Å².